The number of fused-ring (bicyclic) bond motifs is 1. The molecule has 0 radical (unpaired) electrons. The van der Waals surface area contributed by atoms with E-state index in [9.17, 15) is 14.4 Å². The third-order valence-corrected chi connectivity index (χ3v) is 5.92. The van der Waals surface area contributed by atoms with E-state index in [1.165, 1.54) is 0 Å². The van der Waals surface area contributed by atoms with Crippen molar-refractivity contribution < 1.29 is 19.5 Å². The predicted molar refractivity (Wildman–Crippen MR) is 111 cm³/mol. The topological polar surface area (TPSA) is 77.9 Å². The van der Waals surface area contributed by atoms with E-state index in [4.69, 9.17) is 17.3 Å². The quantitative estimate of drug-likeness (QED) is 0.617. The minimum atomic E-state index is -1.16. The van der Waals surface area contributed by atoms with Crippen molar-refractivity contribution in [1.29, 1.82) is 0 Å². The molecule has 2 aliphatic rings. The van der Waals surface area contributed by atoms with E-state index in [1.807, 2.05) is 42.5 Å². The minimum Gasteiger partial charge on any atom is -0.480 e. The molecule has 2 aromatic rings. The Kier molecular flexibility index (Phi) is 4.74. The van der Waals surface area contributed by atoms with Gasteiger partial charge in [-0.2, -0.15) is 0 Å². The van der Waals surface area contributed by atoms with Gasteiger partial charge >= 0.3 is 5.97 Å². The Hall–Kier alpha value is -2.97. The molecular formula is C20H14N2O4S2. The molecule has 1 saturated heterocycles. The van der Waals surface area contributed by atoms with Crippen LogP contribution in [0.2, 0.25) is 0 Å². The fraction of sp³-hybridized carbons (Fsp3) is 0.100. The van der Waals surface area contributed by atoms with E-state index in [-0.39, 0.29) is 20.7 Å². The maximum Gasteiger partial charge on any atom is 0.323 e. The highest BCUT2D eigenvalue weighted by atomic mass is 32.2. The van der Waals surface area contributed by atoms with Gasteiger partial charge in [-0.25, -0.2) is 0 Å². The molecule has 0 bridgehead atoms. The number of carboxylic acid groups (broad SMARTS) is 1. The third-order valence-electron chi connectivity index (χ3n) is 4.48. The average Bonchev–Trinajstić information content (AvgIpc) is 3.10. The zero-order valence-electron chi connectivity index (χ0n) is 14.5. The summed E-state index contributed by atoms with van der Waals surface area (Å²) < 4.78 is 0.140. The van der Waals surface area contributed by atoms with E-state index in [0.29, 0.717) is 12.1 Å². The van der Waals surface area contributed by atoms with Crippen LogP contribution in [-0.2, 0) is 20.9 Å². The van der Waals surface area contributed by atoms with Crippen LogP contribution in [0, 0.1) is 0 Å². The molecule has 0 aliphatic carbocycles. The number of rotatable bonds is 4. The molecule has 4 rings (SSSR count). The lowest BCUT2D eigenvalue weighted by Crippen LogP contribution is -2.33. The fourth-order valence-electron chi connectivity index (χ4n) is 3.24. The van der Waals surface area contributed by atoms with Gasteiger partial charge in [-0.05, 0) is 11.6 Å². The summed E-state index contributed by atoms with van der Waals surface area (Å²) in [6.07, 6.45) is 0. The molecule has 2 aromatic carbocycles. The molecule has 1 N–H and O–H groups in total. The molecule has 2 heterocycles. The zero-order chi connectivity index (χ0) is 19.8. The molecule has 2 amide bonds. The number of carboxylic acids is 1. The Balaban J connectivity index is 1.77. The number of aliphatic carboxylic acids is 1. The smallest absolute Gasteiger partial charge is 0.323 e. The van der Waals surface area contributed by atoms with Crippen molar-refractivity contribution in [1.82, 2.24) is 4.90 Å². The lowest BCUT2D eigenvalue weighted by atomic mass is 10.1. The first kappa shape index (κ1) is 18.4. The molecule has 6 nitrogen and oxygen atoms in total. The second kappa shape index (κ2) is 7.21. The monoisotopic (exact) mass is 410 g/mol. The summed E-state index contributed by atoms with van der Waals surface area (Å²) in [5.74, 6) is -2.00. The van der Waals surface area contributed by atoms with E-state index in [1.54, 1.807) is 17.0 Å². The first-order chi connectivity index (χ1) is 13.5. The first-order valence-electron chi connectivity index (χ1n) is 8.42. The van der Waals surface area contributed by atoms with Crippen LogP contribution in [-0.4, -0.2) is 38.7 Å². The van der Waals surface area contributed by atoms with Gasteiger partial charge in [0.25, 0.3) is 11.8 Å². The highest BCUT2D eigenvalue weighted by Crippen LogP contribution is 2.44. The fourth-order valence-corrected chi connectivity index (χ4v) is 4.57. The molecule has 8 heteroatoms. The summed E-state index contributed by atoms with van der Waals surface area (Å²) in [4.78, 5) is 39.9. The van der Waals surface area contributed by atoms with Crippen molar-refractivity contribution in [2.75, 3.05) is 11.4 Å². The summed E-state index contributed by atoms with van der Waals surface area (Å²) >= 11 is 6.14. The molecule has 0 atom stereocenters. The summed E-state index contributed by atoms with van der Waals surface area (Å²) in [5.41, 5.74) is 2.61. The summed E-state index contributed by atoms with van der Waals surface area (Å²) in [6.45, 7) is -0.152. The second-order valence-electron chi connectivity index (χ2n) is 6.25. The van der Waals surface area contributed by atoms with Crippen LogP contribution < -0.4 is 4.90 Å². The van der Waals surface area contributed by atoms with Crippen molar-refractivity contribution in [2.24, 2.45) is 0 Å². The van der Waals surface area contributed by atoms with Crippen molar-refractivity contribution in [2.45, 2.75) is 6.54 Å². The standard InChI is InChI=1S/C20H14N2O4S2/c23-15(24)11-22-19(26)17(28-20(22)27)16-13-8-4-5-9-14(13)21(18(16)25)10-12-6-2-1-3-7-12/h1-9H,10-11H2,(H,23,24). The van der Waals surface area contributed by atoms with Crippen LogP contribution in [0.4, 0.5) is 5.69 Å². The first-order valence-corrected chi connectivity index (χ1v) is 9.65. The maximum absolute atomic E-state index is 13.3. The van der Waals surface area contributed by atoms with Gasteiger partial charge in [0.05, 0.1) is 22.7 Å². The van der Waals surface area contributed by atoms with E-state index in [2.05, 4.69) is 0 Å². The second-order valence-corrected chi connectivity index (χ2v) is 7.90. The van der Waals surface area contributed by atoms with Gasteiger partial charge in [-0.15, -0.1) is 0 Å². The molecule has 140 valence electrons. The zero-order valence-corrected chi connectivity index (χ0v) is 16.1. The lowest BCUT2D eigenvalue weighted by molar-refractivity contribution is -0.140. The molecular weight excluding hydrogens is 396 g/mol. The predicted octanol–water partition coefficient (Wildman–Crippen LogP) is 2.89. The molecule has 0 unspecified atom stereocenters. The van der Waals surface area contributed by atoms with Gasteiger partial charge in [0, 0.05) is 5.56 Å². The Morgan fingerprint density at radius 1 is 0.964 bits per heavy atom. The van der Waals surface area contributed by atoms with Crippen molar-refractivity contribution >= 4 is 57.3 Å². The van der Waals surface area contributed by atoms with Crippen molar-refractivity contribution in [3.63, 3.8) is 0 Å². The Bertz CT molecular complexity index is 1050. The number of carbonyl (C=O) groups is 3. The Morgan fingerprint density at radius 3 is 2.36 bits per heavy atom. The molecule has 1 fully saturated rings. The molecule has 0 aromatic heterocycles. The number of para-hydroxylation sites is 1. The van der Waals surface area contributed by atoms with Crippen molar-refractivity contribution in [3.05, 3.63) is 70.6 Å². The highest BCUT2D eigenvalue weighted by molar-refractivity contribution is 8.26. The van der Waals surface area contributed by atoms with E-state index >= 15 is 0 Å². The number of amides is 2. The summed E-state index contributed by atoms with van der Waals surface area (Å²) in [6, 6.07) is 16.8. The molecule has 28 heavy (non-hydrogen) atoms. The van der Waals surface area contributed by atoms with Crippen LogP contribution in [0.1, 0.15) is 11.1 Å². The van der Waals surface area contributed by atoms with Gasteiger partial charge in [-0.1, -0.05) is 72.5 Å². The largest absolute Gasteiger partial charge is 0.480 e. The number of anilines is 1. The number of carbonyl (C=O) groups excluding carboxylic acids is 2. The van der Waals surface area contributed by atoms with E-state index in [0.717, 1.165) is 27.9 Å². The maximum atomic E-state index is 13.3. The number of hydrogen-bond acceptors (Lipinski definition) is 5. The number of benzene rings is 2. The summed E-state index contributed by atoms with van der Waals surface area (Å²) in [5, 5.41) is 9.02. The molecule has 2 aliphatic heterocycles. The number of hydrogen-bond donors (Lipinski definition) is 1. The Morgan fingerprint density at radius 2 is 1.64 bits per heavy atom. The van der Waals surface area contributed by atoms with Crippen LogP contribution in [0.5, 0.6) is 0 Å². The van der Waals surface area contributed by atoms with Crippen LogP contribution in [0.25, 0.3) is 5.57 Å². The SMILES string of the molecule is O=C(O)CN1C(=O)C(=C2C(=O)N(Cc3ccccc3)c3ccccc32)SC1=S. The summed E-state index contributed by atoms with van der Waals surface area (Å²) in [7, 11) is 0. The van der Waals surface area contributed by atoms with Crippen LogP contribution in [0.3, 0.4) is 0 Å². The van der Waals surface area contributed by atoms with E-state index < -0.39 is 18.4 Å². The highest BCUT2D eigenvalue weighted by Gasteiger charge is 2.42. The number of nitrogens with zero attached hydrogens (tertiary/aromatic N) is 2. The van der Waals surface area contributed by atoms with Crippen LogP contribution in [0.15, 0.2) is 59.5 Å². The lowest BCUT2D eigenvalue weighted by Gasteiger charge is -2.17. The van der Waals surface area contributed by atoms with Gasteiger partial charge in [-0.3, -0.25) is 19.3 Å². The van der Waals surface area contributed by atoms with Crippen molar-refractivity contribution in [3.8, 4) is 0 Å². The minimum absolute atomic E-state index is 0.140. The number of thioether (sulfide) groups is 1. The normalized spacial score (nSPS) is 18.8. The molecule has 0 spiro atoms. The van der Waals surface area contributed by atoms with Gasteiger partial charge in [0.1, 0.15) is 10.9 Å². The third kappa shape index (κ3) is 3.10. The van der Waals surface area contributed by atoms with Gasteiger partial charge < -0.3 is 10.0 Å². The number of thiocarbonyl (C=S) groups is 1. The van der Waals surface area contributed by atoms with Gasteiger partial charge in [0.15, 0.2) is 0 Å². The van der Waals surface area contributed by atoms with Gasteiger partial charge in [0.2, 0.25) is 0 Å². The molecule has 0 saturated carbocycles. The van der Waals surface area contributed by atoms with Crippen LogP contribution >= 0.6 is 24.0 Å². The average molecular weight is 410 g/mol. The Labute approximate surface area is 170 Å².